The topological polar surface area (TPSA) is 87.9 Å². The smallest absolute Gasteiger partial charge is 0.254 e. The van der Waals surface area contributed by atoms with Crippen molar-refractivity contribution in [3.05, 3.63) is 58.5 Å². The van der Waals surface area contributed by atoms with Gasteiger partial charge in [-0.05, 0) is 59.1 Å². The van der Waals surface area contributed by atoms with Crippen molar-refractivity contribution in [1.29, 1.82) is 0 Å². The maximum Gasteiger partial charge on any atom is 0.254 e. The van der Waals surface area contributed by atoms with Gasteiger partial charge in [0.25, 0.3) is 5.91 Å². The highest BCUT2D eigenvalue weighted by Crippen LogP contribution is 2.33. The Morgan fingerprint density at radius 2 is 2.00 bits per heavy atom. The van der Waals surface area contributed by atoms with Crippen molar-refractivity contribution in [2.24, 2.45) is 0 Å². The summed E-state index contributed by atoms with van der Waals surface area (Å²) in [6.07, 6.45) is 3.51. The molecule has 1 aliphatic heterocycles. The van der Waals surface area contributed by atoms with Gasteiger partial charge in [0, 0.05) is 36.9 Å². The Labute approximate surface area is 177 Å². The summed E-state index contributed by atoms with van der Waals surface area (Å²) in [6.45, 7) is 0.580. The Hall–Kier alpha value is -2.30. The summed E-state index contributed by atoms with van der Waals surface area (Å²) in [5.41, 5.74) is 1.05. The fourth-order valence-electron chi connectivity index (χ4n) is 3.56. The van der Waals surface area contributed by atoms with Gasteiger partial charge in [-0.3, -0.25) is 9.20 Å². The number of halogens is 1. The highest BCUT2D eigenvalue weighted by atomic mass is 79.9. The number of benzene rings is 1. The molecule has 1 aliphatic rings. The molecule has 2 aromatic heterocycles. The summed E-state index contributed by atoms with van der Waals surface area (Å²) in [4.78, 5) is 15.1. The molecule has 0 saturated carbocycles. The van der Waals surface area contributed by atoms with Gasteiger partial charge < -0.3 is 4.90 Å². The number of nitrogens with zero attached hydrogens (tertiary/aromatic N) is 5. The molecule has 152 valence electrons. The van der Waals surface area contributed by atoms with E-state index in [2.05, 4.69) is 26.1 Å². The molecule has 8 nitrogen and oxygen atoms in total. The van der Waals surface area contributed by atoms with E-state index >= 15 is 0 Å². The van der Waals surface area contributed by atoms with Crippen LogP contribution in [0.1, 0.15) is 35.1 Å². The summed E-state index contributed by atoms with van der Waals surface area (Å²) in [7, 11) is -0.760. The fourth-order valence-corrected chi connectivity index (χ4v) is 5.41. The molecule has 1 unspecified atom stereocenters. The zero-order valence-corrected chi connectivity index (χ0v) is 18.4. The van der Waals surface area contributed by atoms with E-state index in [1.807, 2.05) is 28.8 Å². The number of carbonyl (C=O) groups is 1. The Morgan fingerprint density at radius 1 is 1.21 bits per heavy atom. The van der Waals surface area contributed by atoms with E-state index < -0.39 is 10.0 Å². The van der Waals surface area contributed by atoms with Gasteiger partial charge in [0.05, 0.1) is 10.9 Å². The monoisotopic (exact) mass is 477 g/mol. The minimum absolute atomic E-state index is 0.0667. The first-order chi connectivity index (χ1) is 13.8. The number of amides is 1. The maximum atomic E-state index is 13.3. The maximum absolute atomic E-state index is 13.3. The van der Waals surface area contributed by atoms with Crippen LogP contribution in [0.4, 0.5) is 0 Å². The lowest BCUT2D eigenvalue weighted by Gasteiger charge is -2.24. The Balaban J connectivity index is 1.71. The molecule has 0 bridgehead atoms. The molecule has 4 rings (SSSR count). The Bertz CT molecular complexity index is 1190. The van der Waals surface area contributed by atoms with Gasteiger partial charge in [-0.15, -0.1) is 10.2 Å². The molecule has 1 fully saturated rings. The molecule has 29 heavy (non-hydrogen) atoms. The minimum atomic E-state index is -3.68. The van der Waals surface area contributed by atoms with E-state index in [1.54, 1.807) is 17.0 Å². The summed E-state index contributed by atoms with van der Waals surface area (Å²) >= 11 is 3.29. The number of sulfonamides is 1. The van der Waals surface area contributed by atoms with Crippen LogP contribution in [0.15, 0.2) is 52.0 Å². The molecule has 0 radical (unpaired) electrons. The Morgan fingerprint density at radius 3 is 2.76 bits per heavy atom. The molecule has 1 amide bonds. The molecular formula is C19H20BrN5O3S. The van der Waals surface area contributed by atoms with Gasteiger partial charge in [0.2, 0.25) is 10.0 Å². The van der Waals surface area contributed by atoms with Gasteiger partial charge in [-0.2, -0.15) is 0 Å². The number of hydrogen-bond acceptors (Lipinski definition) is 5. The van der Waals surface area contributed by atoms with Gasteiger partial charge in [-0.25, -0.2) is 12.7 Å². The first kappa shape index (κ1) is 20.0. The van der Waals surface area contributed by atoms with E-state index in [-0.39, 0.29) is 16.8 Å². The molecule has 0 spiro atoms. The zero-order chi connectivity index (χ0) is 20.8. The van der Waals surface area contributed by atoms with Crippen molar-refractivity contribution < 1.29 is 13.2 Å². The third-order valence-electron chi connectivity index (χ3n) is 5.09. The van der Waals surface area contributed by atoms with Crippen molar-refractivity contribution >= 4 is 37.5 Å². The summed E-state index contributed by atoms with van der Waals surface area (Å²) in [5, 5.41) is 8.50. The SMILES string of the molecule is CN(C)S(=O)(=O)c1cc(C(=O)N2CCCC2c2nnc3ccccn23)ccc1Br. The van der Waals surface area contributed by atoms with Crippen LogP contribution in [0.25, 0.3) is 5.65 Å². The lowest BCUT2D eigenvalue weighted by molar-refractivity contribution is 0.0729. The van der Waals surface area contributed by atoms with Crippen molar-refractivity contribution in [3.63, 3.8) is 0 Å². The number of pyridine rings is 1. The van der Waals surface area contributed by atoms with Crippen LogP contribution in [-0.2, 0) is 10.0 Å². The summed E-state index contributed by atoms with van der Waals surface area (Å²) in [5.74, 6) is 0.493. The standard InChI is InChI=1S/C19H20BrN5O3S/c1-23(2)29(27,28)16-12-13(8-9-14(16)20)19(26)24-11-5-6-15(24)18-22-21-17-7-3-4-10-25(17)18/h3-4,7-10,12,15H,5-6,11H2,1-2H3. The number of hydrogen-bond donors (Lipinski definition) is 0. The molecule has 10 heteroatoms. The van der Waals surface area contributed by atoms with Gasteiger partial charge in [0.1, 0.15) is 0 Å². The van der Waals surface area contributed by atoms with Crippen LogP contribution >= 0.6 is 15.9 Å². The van der Waals surface area contributed by atoms with Crippen molar-refractivity contribution in [2.45, 2.75) is 23.8 Å². The van der Waals surface area contributed by atoms with Crippen LogP contribution in [0.2, 0.25) is 0 Å². The molecule has 1 aromatic carbocycles. The number of carbonyl (C=O) groups excluding carboxylic acids is 1. The van der Waals surface area contributed by atoms with E-state index in [0.717, 1.165) is 22.8 Å². The van der Waals surface area contributed by atoms with Gasteiger partial charge in [-0.1, -0.05) is 6.07 Å². The average Bonchev–Trinajstić information content (AvgIpc) is 3.34. The molecule has 3 heterocycles. The highest BCUT2D eigenvalue weighted by Gasteiger charge is 2.34. The van der Waals surface area contributed by atoms with Crippen LogP contribution in [0.5, 0.6) is 0 Å². The highest BCUT2D eigenvalue weighted by molar-refractivity contribution is 9.10. The van der Waals surface area contributed by atoms with E-state index in [0.29, 0.717) is 22.4 Å². The van der Waals surface area contributed by atoms with Crippen molar-refractivity contribution in [2.75, 3.05) is 20.6 Å². The first-order valence-corrected chi connectivity index (χ1v) is 11.4. The van der Waals surface area contributed by atoms with E-state index in [9.17, 15) is 13.2 Å². The Kier molecular flexibility index (Phi) is 5.18. The number of likely N-dealkylation sites (tertiary alicyclic amines) is 1. The first-order valence-electron chi connectivity index (χ1n) is 9.13. The molecule has 1 atom stereocenters. The molecule has 0 aliphatic carbocycles. The summed E-state index contributed by atoms with van der Waals surface area (Å²) in [6, 6.07) is 10.1. The van der Waals surface area contributed by atoms with E-state index in [4.69, 9.17) is 0 Å². The quantitative estimate of drug-likeness (QED) is 0.576. The molecule has 1 saturated heterocycles. The molecule has 0 N–H and O–H groups in total. The van der Waals surface area contributed by atoms with Crippen LogP contribution < -0.4 is 0 Å². The largest absolute Gasteiger partial charge is 0.328 e. The molecule has 3 aromatic rings. The third-order valence-corrected chi connectivity index (χ3v) is 7.90. The number of rotatable bonds is 4. The predicted octanol–water partition coefficient (Wildman–Crippen LogP) is 2.72. The van der Waals surface area contributed by atoms with Gasteiger partial charge in [0.15, 0.2) is 11.5 Å². The van der Waals surface area contributed by atoms with Gasteiger partial charge >= 0.3 is 0 Å². The minimum Gasteiger partial charge on any atom is -0.328 e. The van der Waals surface area contributed by atoms with Crippen molar-refractivity contribution in [1.82, 2.24) is 23.8 Å². The van der Waals surface area contributed by atoms with E-state index in [1.165, 1.54) is 20.2 Å². The number of aromatic nitrogens is 3. The van der Waals surface area contributed by atoms with Crippen LogP contribution in [-0.4, -0.2) is 58.8 Å². The molecular weight excluding hydrogens is 458 g/mol. The second-order valence-electron chi connectivity index (χ2n) is 7.08. The average molecular weight is 478 g/mol. The fraction of sp³-hybridized carbons (Fsp3) is 0.316. The second kappa shape index (κ2) is 7.51. The lowest BCUT2D eigenvalue weighted by atomic mass is 10.1. The lowest BCUT2D eigenvalue weighted by Crippen LogP contribution is -2.32. The van der Waals surface area contributed by atoms with Crippen LogP contribution in [0.3, 0.4) is 0 Å². The second-order valence-corrected chi connectivity index (χ2v) is 10.1. The predicted molar refractivity (Wildman–Crippen MR) is 111 cm³/mol. The normalized spacial score (nSPS) is 17.4. The number of fused-ring (bicyclic) bond motifs is 1. The van der Waals surface area contributed by atoms with Crippen LogP contribution in [0, 0.1) is 0 Å². The zero-order valence-electron chi connectivity index (χ0n) is 16.0. The summed E-state index contributed by atoms with van der Waals surface area (Å²) < 4.78 is 28.6. The van der Waals surface area contributed by atoms with Crippen molar-refractivity contribution in [3.8, 4) is 0 Å². The third kappa shape index (κ3) is 3.45.